The maximum Gasteiger partial charge on any atom is 0.399 e. The number of sulfone groups is 1. The zero-order valence-electron chi connectivity index (χ0n) is 16.5. The molecule has 8 nitrogen and oxygen atoms in total. The number of halogens is 3. The first-order chi connectivity index (χ1) is 14.7. The van der Waals surface area contributed by atoms with Crippen molar-refractivity contribution in [1.82, 2.24) is 9.13 Å². The Kier molecular flexibility index (Phi) is 6.65. The summed E-state index contributed by atoms with van der Waals surface area (Å²) >= 11 is 2.92. The van der Waals surface area contributed by atoms with E-state index in [4.69, 9.17) is 9.79 Å². The van der Waals surface area contributed by atoms with Crippen molar-refractivity contribution in [2.75, 3.05) is 6.26 Å². The van der Waals surface area contributed by atoms with Crippen LogP contribution in [0.1, 0.15) is 16.7 Å². The first kappa shape index (κ1) is 24.5. The number of imidazole rings is 1. The molecule has 32 heavy (non-hydrogen) atoms. The molecule has 13 heteroatoms. The quantitative estimate of drug-likeness (QED) is 0.436. The Hall–Kier alpha value is -2.11. The van der Waals surface area contributed by atoms with Gasteiger partial charge < -0.3 is 9.79 Å². The highest BCUT2D eigenvalue weighted by molar-refractivity contribution is 9.10. The third-order valence-electron chi connectivity index (χ3n) is 4.70. The Morgan fingerprint density at radius 1 is 1.00 bits per heavy atom. The summed E-state index contributed by atoms with van der Waals surface area (Å²) < 4.78 is 64.6. The van der Waals surface area contributed by atoms with Crippen LogP contribution in [0.3, 0.4) is 0 Å². The molecule has 3 aromatic rings. The van der Waals surface area contributed by atoms with Crippen molar-refractivity contribution in [3.63, 3.8) is 0 Å². The fourth-order valence-electron chi connectivity index (χ4n) is 2.99. The molecule has 0 unspecified atom stereocenters. The summed E-state index contributed by atoms with van der Waals surface area (Å²) in [6, 6.07) is 9.57. The highest BCUT2D eigenvalue weighted by Crippen LogP contribution is 2.60. The molecule has 0 atom stereocenters. The molecule has 0 aliphatic carbocycles. The molecule has 3 rings (SSSR count). The molecule has 0 bridgehead atoms. The minimum atomic E-state index is -5.70. The molecule has 0 spiro atoms. The normalized spacial score (nSPS) is 12.8. The van der Waals surface area contributed by atoms with Crippen LogP contribution in [-0.2, 0) is 33.2 Å². The van der Waals surface area contributed by atoms with Gasteiger partial charge in [-0.25, -0.2) is 13.2 Å². The number of benzene rings is 2. The van der Waals surface area contributed by atoms with E-state index in [2.05, 4.69) is 15.9 Å². The summed E-state index contributed by atoms with van der Waals surface area (Å²) in [6.45, 7) is 0.242. The van der Waals surface area contributed by atoms with E-state index in [1.807, 2.05) is 0 Å². The van der Waals surface area contributed by atoms with Gasteiger partial charge in [-0.05, 0) is 29.3 Å². The Morgan fingerprint density at radius 3 is 1.97 bits per heavy atom. The minimum Gasteiger partial charge on any atom is -0.320 e. The van der Waals surface area contributed by atoms with Crippen LogP contribution >= 0.6 is 23.5 Å². The number of rotatable bonds is 7. The molecule has 0 aliphatic heterocycles. The van der Waals surface area contributed by atoms with Crippen LogP contribution in [0.25, 0.3) is 0 Å². The lowest BCUT2D eigenvalue weighted by Crippen LogP contribution is -2.25. The van der Waals surface area contributed by atoms with Crippen molar-refractivity contribution in [3.8, 4) is 0 Å². The number of aromatic nitrogens is 2. The minimum absolute atomic E-state index is 0.0409. The zero-order chi connectivity index (χ0) is 23.9. The lowest BCUT2D eigenvalue weighted by atomic mass is 10.1. The van der Waals surface area contributed by atoms with Crippen LogP contribution < -0.4 is 5.69 Å². The molecule has 1 heterocycles. The molecule has 172 valence electrons. The van der Waals surface area contributed by atoms with Gasteiger partial charge in [0.25, 0.3) is 0 Å². The monoisotopic (exact) mass is 550 g/mol. The molecule has 0 saturated carbocycles. The smallest absolute Gasteiger partial charge is 0.320 e. The average Bonchev–Trinajstić information content (AvgIpc) is 3.00. The van der Waals surface area contributed by atoms with E-state index in [9.17, 15) is 26.6 Å². The van der Waals surface area contributed by atoms with Crippen LogP contribution in [0.4, 0.5) is 8.78 Å². The van der Waals surface area contributed by atoms with Crippen molar-refractivity contribution in [2.45, 2.75) is 23.6 Å². The van der Waals surface area contributed by atoms with Crippen LogP contribution in [0.15, 0.2) is 69.0 Å². The molecule has 0 saturated heterocycles. The maximum atomic E-state index is 14.0. The van der Waals surface area contributed by atoms with E-state index in [1.165, 1.54) is 45.8 Å². The van der Waals surface area contributed by atoms with Crippen molar-refractivity contribution < 1.29 is 31.6 Å². The molecular formula is C19H18BrF2N2O6PS. The maximum absolute atomic E-state index is 14.0. The SMILES string of the molecule is CS(=O)(=O)c1ccc(Cn2ccn(Cc3ccc(C(F)(F)P(=O)(O)O)c(Br)c3)c2=O)cc1. The number of nitrogens with zero attached hydrogens (tertiary/aromatic N) is 2. The Labute approximate surface area is 190 Å². The summed E-state index contributed by atoms with van der Waals surface area (Å²) in [5.41, 5.74) is -4.41. The van der Waals surface area contributed by atoms with Gasteiger partial charge in [0.2, 0.25) is 0 Å². The molecule has 1 aromatic heterocycles. The van der Waals surface area contributed by atoms with Gasteiger partial charge in [0.1, 0.15) is 0 Å². The molecule has 2 N–H and O–H groups in total. The zero-order valence-corrected chi connectivity index (χ0v) is 19.8. The second-order valence-electron chi connectivity index (χ2n) is 7.15. The van der Waals surface area contributed by atoms with Gasteiger partial charge in [-0.15, -0.1) is 0 Å². The highest BCUT2D eigenvalue weighted by Gasteiger charge is 2.51. The second-order valence-corrected chi connectivity index (χ2v) is 11.7. The van der Waals surface area contributed by atoms with Gasteiger partial charge in [0.05, 0.1) is 18.0 Å². The fourth-order valence-corrected chi connectivity index (χ4v) is 4.96. The molecular weight excluding hydrogens is 533 g/mol. The second kappa shape index (κ2) is 8.68. The van der Waals surface area contributed by atoms with Gasteiger partial charge >= 0.3 is 18.9 Å². The lowest BCUT2D eigenvalue weighted by molar-refractivity contribution is 0.0557. The lowest BCUT2D eigenvalue weighted by Gasteiger charge is -2.19. The van der Waals surface area contributed by atoms with E-state index in [0.717, 1.165) is 12.3 Å². The van der Waals surface area contributed by atoms with Crippen molar-refractivity contribution in [1.29, 1.82) is 0 Å². The Bertz CT molecular complexity index is 1360. The fraction of sp³-hybridized carbons (Fsp3) is 0.211. The molecule has 2 aromatic carbocycles. The van der Waals surface area contributed by atoms with Gasteiger partial charge in [-0.3, -0.25) is 13.7 Å². The van der Waals surface area contributed by atoms with E-state index in [1.54, 1.807) is 12.1 Å². The standard InChI is InChI=1S/C19H18BrF2N2O6PS/c1-32(29,30)15-5-2-13(3-6-15)11-23-8-9-24(18(23)25)12-14-4-7-16(17(20)10-14)19(21,22)31(26,27)28/h2-10H,11-12H2,1H3,(H2,26,27,28). The third-order valence-corrected chi connectivity index (χ3v) is 7.46. The summed E-state index contributed by atoms with van der Waals surface area (Å²) in [4.78, 5) is 30.6. The number of hydrogen-bond donors (Lipinski definition) is 2. The van der Waals surface area contributed by atoms with Crippen molar-refractivity contribution in [2.24, 2.45) is 0 Å². The van der Waals surface area contributed by atoms with Gasteiger partial charge in [-0.1, -0.05) is 40.2 Å². The average molecular weight is 551 g/mol. The predicted octanol–water partition coefficient (Wildman–Crippen LogP) is 3.14. The van der Waals surface area contributed by atoms with Crippen LogP contribution in [-0.4, -0.2) is 33.6 Å². The van der Waals surface area contributed by atoms with Crippen molar-refractivity contribution in [3.05, 3.63) is 86.5 Å². The van der Waals surface area contributed by atoms with E-state index in [-0.39, 0.29) is 28.1 Å². The largest absolute Gasteiger partial charge is 0.399 e. The first-order valence-electron chi connectivity index (χ1n) is 8.97. The first-order valence-corrected chi connectivity index (χ1v) is 13.3. The third kappa shape index (κ3) is 5.10. The molecule has 0 fully saturated rings. The van der Waals surface area contributed by atoms with Gasteiger partial charge in [-0.2, -0.15) is 8.78 Å². The van der Waals surface area contributed by atoms with E-state index >= 15 is 0 Å². The Morgan fingerprint density at radius 2 is 1.50 bits per heavy atom. The Balaban J connectivity index is 1.80. The van der Waals surface area contributed by atoms with Crippen molar-refractivity contribution >= 4 is 33.4 Å². The van der Waals surface area contributed by atoms with E-state index < -0.39 is 28.7 Å². The molecule has 0 radical (unpaired) electrons. The summed E-state index contributed by atoms with van der Waals surface area (Å²) in [5, 5.41) is 0. The van der Waals surface area contributed by atoms with Gasteiger partial charge in [0.15, 0.2) is 9.84 Å². The molecule has 0 aliphatic rings. The molecule has 0 amide bonds. The number of hydrogen-bond acceptors (Lipinski definition) is 4. The van der Waals surface area contributed by atoms with Gasteiger partial charge in [0, 0.05) is 28.7 Å². The van der Waals surface area contributed by atoms with E-state index in [0.29, 0.717) is 11.1 Å². The summed E-state index contributed by atoms with van der Waals surface area (Å²) in [5.74, 6) is 0. The summed E-state index contributed by atoms with van der Waals surface area (Å²) in [7, 11) is -9.03. The predicted molar refractivity (Wildman–Crippen MR) is 117 cm³/mol. The topological polar surface area (TPSA) is 119 Å². The van der Waals surface area contributed by atoms with Crippen LogP contribution in [0.2, 0.25) is 0 Å². The number of alkyl halides is 2. The van der Waals surface area contributed by atoms with Crippen LogP contribution in [0.5, 0.6) is 0 Å². The van der Waals surface area contributed by atoms with Crippen LogP contribution in [0, 0.1) is 0 Å². The summed E-state index contributed by atoms with van der Waals surface area (Å²) in [6.07, 6.45) is 4.16. The highest BCUT2D eigenvalue weighted by atomic mass is 79.9.